The van der Waals surface area contributed by atoms with Crippen molar-refractivity contribution in [1.82, 2.24) is 9.88 Å². The summed E-state index contributed by atoms with van der Waals surface area (Å²) < 4.78 is 0. The van der Waals surface area contributed by atoms with Gasteiger partial charge in [-0.2, -0.15) is 0 Å². The number of rotatable bonds is 3. The van der Waals surface area contributed by atoms with Gasteiger partial charge in [-0.1, -0.05) is 6.42 Å². The molecule has 1 aliphatic heterocycles. The molecule has 0 bridgehead atoms. The number of amides is 1. The molecule has 1 aliphatic rings. The van der Waals surface area contributed by atoms with Crippen LogP contribution in [0.3, 0.4) is 0 Å². The van der Waals surface area contributed by atoms with E-state index >= 15 is 0 Å². The molecule has 1 fully saturated rings. The topological polar surface area (TPSA) is 79.2 Å². The number of aromatic nitrogens is 1. The van der Waals surface area contributed by atoms with Crippen LogP contribution in [0.1, 0.15) is 35.3 Å². The number of nitrogens with one attached hydrogen (secondary N) is 1. The lowest BCUT2D eigenvalue weighted by molar-refractivity contribution is 0.0999. The number of carbonyl (C=O) groups excluding carboxylic acids is 1. The number of carbonyl (C=O) groups is 1. The van der Waals surface area contributed by atoms with Gasteiger partial charge in [-0.15, -0.1) is 0 Å². The molecular weight excluding hydrogens is 218 g/mol. The van der Waals surface area contributed by atoms with Crippen molar-refractivity contribution in [3.63, 3.8) is 0 Å². The summed E-state index contributed by atoms with van der Waals surface area (Å²) in [5, 5.41) is 0. The Hall–Kier alpha value is -1.62. The van der Waals surface area contributed by atoms with Gasteiger partial charge in [0.1, 0.15) is 5.56 Å². The van der Waals surface area contributed by atoms with Crippen LogP contribution >= 0.6 is 0 Å². The molecule has 0 unspecified atom stereocenters. The van der Waals surface area contributed by atoms with Crippen molar-refractivity contribution >= 4 is 5.91 Å². The van der Waals surface area contributed by atoms with E-state index in [1.165, 1.54) is 25.3 Å². The number of H-pyrrole nitrogens is 1. The first kappa shape index (κ1) is 11.9. The maximum Gasteiger partial charge on any atom is 0.261 e. The number of likely N-dealkylation sites (tertiary alicyclic amines) is 1. The minimum absolute atomic E-state index is 0.0207. The van der Waals surface area contributed by atoms with Gasteiger partial charge in [0.2, 0.25) is 0 Å². The Labute approximate surface area is 99.6 Å². The zero-order chi connectivity index (χ0) is 12.3. The number of nitrogens with two attached hydrogens (primary N) is 1. The van der Waals surface area contributed by atoms with Gasteiger partial charge in [0.25, 0.3) is 11.5 Å². The van der Waals surface area contributed by atoms with Crippen molar-refractivity contribution in [3.05, 3.63) is 33.7 Å². The summed E-state index contributed by atoms with van der Waals surface area (Å²) in [5.74, 6) is -0.684. The van der Waals surface area contributed by atoms with Crippen LogP contribution in [0.5, 0.6) is 0 Å². The fourth-order valence-electron chi connectivity index (χ4n) is 2.16. The maximum atomic E-state index is 11.5. The highest BCUT2D eigenvalue weighted by atomic mass is 16.2. The van der Waals surface area contributed by atoms with E-state index in [9.17, 15) is 9.59 Å². The molecule has 0 aromatic carbocycles. The predicted octanol–water partition coefficient (Wildman–Crippen LogP) is 0.460. The van der Waals surface area contributed by atoms with E-state index in [2.05, 4.69) is 9.88 Å². The minimum Gasteiger partial charge on any atom is -0.365 e. The Morgan fingerprint density at radius 1 is 1.29 bits per heavy atom. The first-order valence-electron chi connectivity index (χ1n) is 5.91. The summed E-state index contributed by atoms with van der Waals surface area (Å²) in [5.41, 5.74) is 5.54. The molecule has 0 saturated carbocycles. The highest BCUT2D eigenvalue weighted by Gasteiger charge is 2.12. The third kappa shape index (κ3) is 2.94. The Morgan fingerprint density at radius 2 is 2.00 bits per heavy atom. The normalized spacial score (nSPS) is 16.9. The molecule has 2 heterocycles. The number of pyridine rings is 1. The Balaban J connectivity index is 2.09. The molecular formula is C12H17N3O2. The van der Waals surface area contributed by atoms with Gasteiger partial charge < -0.3 is 10.7 Å². The molecule has 0 aliphatic carbocycles. The number of hydrogen-bond acceptors (Lipinski definition) is 3. The van der Waals surface area contributed by atoms with Crippen LogP contribution in [0.2, 0.25) is 0 Å². The monoisotopic (exact) mass is 235 g/mol. The van der Waals surface area contributed by atoms with Crippen LogP contribution in [0.4, 0.5) is 0 Å². The van der Waals surface area contributed by atoms with Gasteiger partial charge in [-0.25, -0.2) is 0 Å². The van der Waals surface area contributed by atoms with Crippen molar-refractivity contribution in [2.24, 2.45) is 5.73 Å². The highest BCUT2D eigenvalue weighted by molar-refractivity contribution is 5.92. The molecule has 3 N–H and O–H groups in total. The minimum atomic E-state index is -0.684. The first-order chi connectivity index (χ1) is 8.16. The van der Waals surface area contributed by atoms with Crippen LogP contribution in [-0.4, -0.2) is 28.9 Å². The van der Waals surface area contributed by atoms with Crippen molar-refractivity contribution < 1.29 is 4.79 Å². The van der Waals surface area contributed by atoms with Gasteiger partial charge in [-0.05, 0) is 38.1 Å². The fourth-order valence-corrected chi connectivity index (χ4v) is 2.16. The molecule has 1 amide bonds. The van der Waals surface area contributed by atoms with Crippen molar-refractivity contribution in [1.29, 1.82) is 0 Å². The van der Waals surface area contributed by atoms with E-state index < -0.39 is 11.5 Å². The molecule has 92 valence electrons. The van der Waals surface area contributed by atoms with E-state index in [1.807, 2.05) is 0 Å². The lowest BCUT2D eigenvalue weighted by atomic mass is 10.1. The molecule has 17 heavy (non-hydrogen) atoms. The van der Waals surface area contributed by atoms with Crippen molar-refractivity contribution in [2.45, 2.75) is 25.8 Å². The smallest absolute Gasteiger partial charge is 0.261 e. The van der Waals surface area contributed by atoms with E-state index in [0.717, 1.165) is 25.3 Å². The molecule has 5 nitrogen and oxygen atoms in total. The fraction of sp³-hybridized carbons (Fsp3) is 0.500. The van der Waals surface area contributed by atoms with Crippen molar-refractivity contribution in [3.8, 4) is 0 Å². The predicted molar refractivity (Wildman–Crippen MR) is 64.7 cm³/mol. The average Bonchev–Trinajstić information content (AvgIpc) is 2.30. The third-order valence-corrected chi connectivity index (χ3v) is 3.08. The second-order valence-corrected chi connectivity index (χ2v) is 4.43. The van der Waals surface area contributed by atoms with Crippen LogP contribution in [0.25, 0.3) is 0 Å². The lowest BCUT2D eigenvalue weighted by Gasteiger charge is -2.26. The zero-order valence-corrected chi connectivity index (χ0v) is 9.74. The van der Waals surface area contributed by atoms with Crippen LogP contribution in [-0.2, 0) is 6.54 Å². The average molecular weight is 235 g/mol. The SMILES string of the molecule is NC(=O)c1ccc(CN2CCCCC2)[nH]c1=O. The molecule has 2 rings (SSSR count). The van der Waals surface area contributed by atoms with E-state index in [0.29, 0.717) is 0 Å². The summed E-state index contributed by atoms with van der Waals surface area (Å²) in [4.78, 5) is 27.5. The number of nitrogens with zero attached hydrogens (tertiary/aromatic N) is 1. The standard InChI is InChI=1S/C12H17N3O2/c13-11(16)10-5-4-9(14-12(10)17)8-15-6-2-1-3-7-15/h4-5H,1-3,6-8H2,(H2,13,16)(H,14,17). The zero-order valence-electron chi connectivity index (χ0n) is 9.74. The second-order valence-electron chi connectivity index (χ2n) is 4.43. The van der Waals surface area contributed by atoms with Gasteiger partial charge in [0.05, 0.1) is 0 Å². The molecule has 0 atom stereocenters. The number of aromatic amines is 1. The van der Waals surface area contributed by atoms with Gasteiger partial charge in [-0.3, -0.25) is 14.5 Å². The highest BCUT2D eigenvalue weighted by Crippen LogP contribution is 2.11. The summed E-state index contributed by atoms with van der Waals surface area (Å²) >= 11 is 0. The van der Waals surface area contributed by atoms with Gasteiger partial charge in [0, 0.05) is 12.2 Å². The van der Waals surface area contributed by atoms with Crippen LogP contribution in [0, 0.1) is 0 Å². The first-order valence-corrected chi connectivity index (χ1v) is 5.91. The Kier molecular flexibility index (Phi) is 3.58. The largest absolute Gasteiger partial charge is 0.365 e. The number of piperidine rings is 1. The quantitative estimate of drug-likeness (QED) is 0.798. The molecule has 0 radical (unpaired) electrons. The molecule has 1 aromatic heterocycles. The van der Waals surface area contributed by atoms with Crippen LogP contribution < -0.4 is 11.3 Å². The summed E-state index contributed by atoms with van der Waals surface area (Å²) in [6.07, 6.45) is 3.71. The summed E-state index contributed by atoms with van der Waals surface area (Å²) in [7, 11) is 0. The van der Waals surface area contributed by atoms with E-state index in [4.69, 9.17) is 5.73 Å². The molecule has 1 saturated heterocycles. The van der Waals surface area contributed by atoms with Gasteiger partial charge in [0.15, 0.2) is 0 Å². The Bertz CT molecular complexity index is 461. The van der Waals surface area contributed by atoms with Gasteiger partial charge >= 0.3 is 0 Å². The second kappa shape index (κ2) is 5.14. The Morgan fingerprint density at radius 3 is 2.59 bits per heavy atom. The molecule has 5 heteroatoms. The molecule has 1 aromatic rings. The number of hydrogen-bond donors (Lipinski definition) is 2. The van der Waals surface area contributed by atoms with Crippen LogP contribution in [0.15, 0.2) is 16.9 Å². The summed E-state index contributed by atoms with van der Waals surface area (Å²) in [6.45, 7) is 2.87. The summed E-state index contributed by atoms with van der Waals surface area (Å²) in [6, 6.07) is 3.26. The molecule has 0 spiro atoms. The van der Waals surface area contributed by atoms with Crippen molar-refractivity contribution in [2.75, 3.05) is 13.1 Å². The third-order valence-electron chi connectivity index (χ3n) is 3.08. The lowest BCUT2D eigenvalue weighted by Crippen LogP contribution is -2.31. The number of primary amides is 1. The maximum absolute atomic E-state index is 11.5. The van der Waals surface area contributed by atoms with E-state index in [1.54, 1.807) is 6.07 Å². The van der Waals surface area contributed by atoms with E-state index in [-0.39, 0.29) is 5.56 Å².